The molecule has 0 fully saturated rings. The number of aromatic nitrogens is 4. The lowest BCUT2D eigenvalue weighted by Crippen LogP contribution is -2.19. The lowest BCUT2D eigenvalue weighted by molar-refractivity contribution is 0.439. The van der Waals surface area contributed by atoms with Crippen molar-refractivity contribution in [3.05, 3.63) is 72.1 Å². The fourth-order valence-corrected chi connectivity index (χ4v) is 6.03. The highest BCUT2D eigenvalue weighted by Crippen LogP contribution is 2.33. The summed E-state index contributed by atoms with van der Waals surface area (Å²) in [6.07, 6.45) is 3.12. The number of imidazole rings is 2. The summed E-state index contributed by atoms with van der Waals surface area (Å²) in [4.78, 5) is 16.4. The van der Waals surface area contributed by atoms with E-state index in [1.165, 1.54) is 5.56 Å². The number of H-pyrrole nitrogens is 2. The Morgan fingerprint density at radius 2 is 1.38 bits per heavy atom. The van der Waals surface area contributed by atoms with Crippen molar-refractivity contribution in [1.82, 2.24) is 19.9 Å². The molecule has 37 heavy (non-hydrogen) atoms. The van der Waals surface area contributed by atoms with E-state index in [9.17, 15) is 8.42 Å². The van der Waals surface area contributed by atoms with E-state index >= 15 is 0 Å². The molecule has 7 heteroatoms. The van der Waals surface area contributed by atoms with Crippen molar-refractivity contribution in [2.75, 3.05) is 0 Å². The molecule has 0 aliphatic carbocycles. The molecule has 5 rings (SSSR count). The Labute approximate surface area is 218 Å². The van der Waals surface area contributed by atoms with Gasteiger partial charge < -0.3 is 9.97 Å². The fraction of sp³-hybridized carbons (Fsp3) is 0.333. The van der Waals surface area contributed by atoms with E-state index < -0.39 is 9.84 Å². The van der Waals surface area contributed by atoms with Crippen molar-refractivity contribution in [2.45, 2.75) is 75.0 Å². The minimum absolute atomic E-state index is 0.157. The van der Waals surface area contributed by atoms with Gasteiger partial charge >= 0.3 is 0 Å². The van der Waals surface area contributed by atoms with Crippen LogP contribution in [0.15, 0.2) is 70.5 Å². The molecule has 5 aromatic rings. The molecule has 0 radical (unpaired) electrons. The summed E-state index contributed by atoms with van der Waals surface area (Å²) in [5.41, 5.74) is 5.36. The van der Waals surface area contributed by atoms with Gasteiger partial charge in [-0.3, -0.25) is 0 Å². The van der Waals surface area contributed by atoms with Crippen molar-refractivity contribution >= 4 is 31.9 Å². The predicted molar refractivity (Wildman–Crippen MR) is 150 cm³/mol. The summed E-state index contributed by atoms with van der Waals surface area (Å²) < 4.78 is 27.0. The van der Waals surface area contributed by atoms with Gasteiger partial charge in [0.25, 0.3) is 0 Å². The first-order valence-electron chi connectivity index (χ1n) is 13.0. The van der Waals surface area contributed by atoms with Crippen molar-refractivity contribution in [1.29, 1.82) is 0 Å². The number of hydrogen-bond acceptors (Lipinski definition) is 4. The molecule has 0 amide bonds. The largest absolute Gasteiger partial charge is 0.342 e. The second kappa shape index (κ2) is 9.45. The molecule has 2 N–H and O–H groups in total. The van der Waals surface area contributed by atoms with Crippen molar-refractivity contribution in [2.24, 2.45) is 0 Å². The highest BCUT2D eigenvalue weighted by molar-refractivity contribution is 7.91. The molecule has 192 valence electrons. The second-order valence-electron chi connectivity index (χ2n) is 10.2. The van der Waals surface area contributed by atoms with Crippen LogP contribution in [0.3, 0.4) is 0 Å². The lowest BCUT2D eigenvalue weighted by atomic mass is 9.78. The van der Waals surface area contributed by atoms with Gasteiger partial charge in [0.1, 0.15) is 11.6 Å². The third kappa shape index (κ3) is 4.46. The van der Waals surface area contributed by atoms with Crippen LogP contribution in [0.2, 0.25) is 0 Å². The van der Waals surface area contributed by atoms with Crippen LogP contribution in [0.4, 0.5) is 0 Å². The summed E-state index contributed by atoms with van der Waals surface area (Å²) in [7, 11) is -3.72. The molecule has 0 aliphatic heterocycles. The summed E-state index contributed by atoms with van der Waals surface area (Å²) in [6.45, 7) is 10.9. The Balaban J connectivity index is 1.47. The van der Waals surface area contributed by atoms with Gasteiger partial charge in [-0.25, -0.2) is 18.4 Å². The molecule has 2 aromatic heterocycles. The molecule has 0 bridgehead atoms. The first-order valence-corrected chi connectivity index (χ1v) is 14.5. The second-order valence-corrected chi connectivity index (χ2v) is 12.2. The van der Waals surface area contributed by atoms with Gasteiger partial charge in [0, 0.05) is 11.5 Å². The average molecular weight is 515 g/mol. The van der Waals surface area contributed by atoms with E-state index in [4.69, 9.17) is 4.98 Å². The van der Waals surface area contributed by atoms with Crippen LogP contribution < -0.4 is 0 Å². The van der Waals surface area contributed by atoms with Crippen LogP contribution >= 0.6 is 0 Å². The number of aromatic amines is 2. The summed E-state index contributed by atoms with van der Waals surface area (Å²) >= 11 is 0. The quantitative estimate of drug-likeness (QED) is 0.224. The molecule has 3 aromatic carbocycles. The predicted octanol–water partition coefficient (Wildman–Crippen LogP) is 7.53. The Morgan fingerprint density at radius 1 is 0.811 bits per heavy atom. The Morgan fingerprint density at radius 3 is 1.95 bits per heavy atom. The topological polar surface area (TPSA) is 91.5 Å². The van der Waals surface area contributed by atoms with Crippen LogP contribution in [0.25, 0.3) is 33.5 Å². The maximum atomic E-state index is 13.5. The molecule has 6 nitrogen and oxygen atoms in total. The van der Waals surface area contributed by atoms with Crippen LogP contribution in [-0.4, -0.2) is 28.4 Å². The van der Waals surface area contributed by atoms with Crippen molar-refractivity contribution in [3.8, 4) is 11.4 Å². The van der Waals surface area contributed by atoms with Crippen molar-refractivity contribution in [3.63, 3.8) is 0 Å². The van der Waals surface area contributed by atoms with Gasteiger partial charge in [0.15, 0.2) is 0 Å². The zero-order valence-electron chi connectivity index (χ0n) is 22.1. The third-order valence-corrected chi connectivity index (χ3v) is 9.79. The Bertz CT molecular complexity index is 1680. The Kier molecular flexibility index (Phi) is 6.44. The van der Waals surface area contributed by atoms with Gasteiger partial charge in [-0.05, 0) is 66.6 Å². The first-order chi connectivity index (χ1) is 17.7. The van der Waals surface area contributed by atoms with Gasteiger partial charge in [0.2, 0.25) is 9.84 Å². The van der Waals surface area contributed by atoms with Gasteiger partial charge in [-0.1, -0.05) is 58.9 Å². The van der Waals surface area contributed by atoms with Crippen LogP contribution in [0.5, 0.6) is 0 Å². The number of benzene rings is 3. The third-order valence-electron chi connectivity index (χ3n) is 8.04. The lowest BCUT2D eigenvalue weighted by Gasteiger charge is -2.27. The smallest absolute Gasteiger partial charge is 0.206 e. The number of nitrogens with one attached hydrogen (secondary N) is 2. The molecule has 0 spiro atoms. The van der Waals surface area contributed by atoms with Gasteiger partial charge in [-0.15, -0.1) is 0 Å². The monoisotopic (exact) mass is 514 g/mol. The number of hydrogen-bond donors (Lipinski definition) is 2. The fourth-order valence-electron chi connectivity index (χ4n) is 4.72. The molecular formula is C30H34N4O2S. The molecule has 1 atom stereocenters. The summed E-state index contributed by atoms with van der Waals surface area (Å²) in [6, 6.07) is 18.6. The van der Waals surface area contributed by atoms with E-state index in [0.717, 1.165) is 53.0 Å². The van der Waals surface area contributed by atoms with E-state index in [1.54, 1.807) is 36.4 Å². The number of rotatable bonds is 8. The van der Waals surface area contributed by atoms with Crippen LogP contribution in [0, 0.1) is 0 Å². The summed E-state index contributed by atoms with van der Waals surface area (Å²) in [5, 5.41) is 0. The van der Waals surface area contributed by atoms with E-state index in [2.05, 4.69) is 73.8 Å². The van der Waals surface area contributed by atoms with E-state index in [1.807, 2.05) is 0 Å². The van der Waals surface area contributed by atoms with Crippen LogP contribution in [-0.2, 0) is 15.3 Å². The normalized spacial score (nSPS) is 13.4. The van der Waals surface area contributed by atoms with Crippen molar-refractivity contribution < 1.29 is 8.42 Å². The average Bonchev–Trinajstić information content (AvgIpc) is 3.55. The van der Waals surface area contributed by atoms with Gasteiger partial charge in [0.05, 0.1) is 31.9 Å². The zero-order chi connectivity index (χ0) is 26.4. The minimum atomic E-state index is -3.72. The highest BCUT2D eigenvalue weighted by Gasteiger charge is 2.23. The molecule has 0 aliphatic rings. The van der Waals surface area contributed by atoms with Crippen LogP contribution in [0.1, 0.15) is 71.2 Å². The van der Waals surface area contributed by atoms with E-state index in [-0.39, 0.29) is 21.1 Å². The molecule has 2 heterocycles. The summed E-state index contributed by atoms with van der Waals surface area (Å²) in [5.74, 6) is 1.88. The van der Waals surface area contributed by atoms with Gasteiger partial charge in [-0.2, -0.15) is 0 Å². The number of fused-ring (bicyclic) bond motifs is 2. The molecule has 1 unspecified atom stereocenters. The molecular weight excluding hydrogens is 480 g/mol. The number of nitrogens with zero attached hydrogens (tertiary/aromatic N) is 2. The standard InChI is InChI=1S/C30H34N4O2S/c1-6-19(4)28-31-24-15-13-22(17-26(24)33-28)37(35,36)23-14-16-25-27(18-23)34-29(32-25)20-9-11-21(12-10-20)30(5,7-2)8-3/h9-19H,6-8H2,1-5H3,(H,31,33)(H,32,34). The first kappa shape index (κ1) is 25.2. The molecule has 0 saturated heterocycles. The zero-order valence-corrected chi connectivity index (χ0v) is 22.9. The minimum Gasteiger partial charge on any atom is -0.342 e. The SMILES string of the molecule is CCC(C)c1nc2ccc(S(=O)(=O)c3ccc4nc(-c5ccc(C(C)(CC)CC)cc5)[nH]c4c3)cc2[nH]1. The number of sulfone groups is 1. The Hall–Kier alpha value is -3.45. The highest BCUT2D eigenvalue weighted by atomic mass is 32.2. The maximum absolute atomic E-state index is 13.5. The molecule has 0 saturated carbocycles. The van der Waals surface area contributed by atoms with E-state index in [0.29, 0.717) is 5.52 Å². The maximum Gasteiger partial charge on any atom is 0.206 e.